The zero-order valence-electron chi connectivity index (χ0n) is 14.2. The van der Waals surface area contributed by atoms with Gasteiger partial charge < -0.3 is 15.8 Å². The number of ether oxygens (including phenoxy) is 1. The molecule has 3 rings (SSSR count). The van der Waals surface area contributed by atoms with Crippen molar-refractivity contribution in [3.05, 3.63) is 29.8 Å². The minimum Gasteiger partial charge on any atom is -0.377 e. The molecule has 1 aromatic rings. The van der Waals surface area contributed by atoms with Crippen LogP contribution in [0.15, 0.2) is 29.3 Å². The van der Waals surface area contributed by atoms with Gasteiger partial charge in [-0.3, -0.25) is 0 Å². The van der Waals surface area contributed by atoms with E-state index in [1.165, 1.54) is 12.0 Å². The van der Waals surface area contributed by atoms with Gasteiger partial charge in [0.1, 0.15) is 0 Å². The van der Waals surface area contributed by atoms with Crippen molar-refractivity contribution in [1.29, 1.82) is 0 Å². The number of halogens is 1. The number of anilines is 1. The Morgan fingerprint density at radius 2 is 2.22 bits per heavy atom. The summed E-state index contributed by atoms with van der Waals surface area (Å²) in [5.74, 6) is 1.03. The highest BCUT2D eigenvalue weighted by molar-refractivity contribution is 14.0. The molecule has 0 bridgehead atoms. The van der Waals surface area contributed by atoms with Crippen molar-refractivity contribution in [3.63, 3.8) is 0 Å². The van der Waals surface area contributed by atoms with E-state index in [9.17, 15) is 0 Å². The summed E-state index contributed by atoms with van der Waals surface area (Å²) in [6.45, 7) is 7.51. The van der Waals surface area contributed by atoms with E-state index in [0.29, 0.717) is 18.0 Å². The van der Waals surface area contributed by atoms with Gasteiger partial charge in [0.25, 0.3) is 0 Å². The minimum absolute atomic E-state index is 0. The van der Waals surface area contributed by atoms with Crippen LogP contribution < -0.4 is 11.1 Å². The number of aliphatic imine (C=N–C) groups is 1. The number of fused-ring (bicyclic) bond motifs is 1. The first kappa shape index (κ1) is 18.5. The summed E-state index contributed by atoms with van der Waals surface area (Å²) in [6.07, 6.45) is 3.69. The summed E-state index contributed by atoms with van der Waals surface area (Å²) in [5.41, 5.74) is 8.52. The first-order valence-electron chi connectivity index (χ1n) is 8.33. The Balaban J connectivity index is 0.00000192. The molecule has 1 saturated heterocycles. The third-order valence-corrected chi connectivity index (χ3v) is 5.16. The Hall–Kier alpha value is -0.820. The molecule has 2 fully saturated rings. The molecule has 1 saturated carbocycles. The summed E-state index contributed by atoms with van der Waals surface area (Å²) in [7, 11) is 0. The summed E-state index contributed by atoms with van der Waals surface area (Å²) < 4.78 is 5.92. The van der Waals surface area contributed by atoms with E-state index in [4.69, 9.17) is 15.5 Å². The second kappa shape index (κ2) is 7.38. The largest absolute Gasteiger partial charge is 0.377 e. The molecule has 3 unspecified atom stereocenters. The minimum atomic E-state index is 0. The standard InChI is InChI=1S/C18H27N3O.HI/c1-4-12-7-5-8-13(11-12)20-17(19)21-15-14-9-6-10-22-16(14)18(15,2)3;/h5,7-8,11,14-16H,4,6,9-10H2,1-3H3,(H3,19,20,21);1H. The molecular formula is C18H28IN3O. The molecule has 0 spiro atoms. The fraction of sp³-hybridized carbons (Fsp3) is 0.611. The van der Waals surface area contributed by atoms with Gasteiger partial charge in [0.2, 0.25) is 0 Å². The summed E-state index contributed by atoms with van der Waals surface area (Å²) in [5, 5.41) is 3.24. The van der Waals surface area contributed by atoms with Gasteiger partial charge in [-0.2, -0.15) is 0 Å². The number of hydrogen-bond acceptors (Lipinski definition) is 2. The molecule has 1 aliphatic heterocycles. The predicted molar refractivity (Wildman–Crippen MR) is 107 cm³/mol. The molecule has 1 aliphatic carbocycles. The number of nitrogens with two attached hydrogens (primary N) is 1. The summed E-state index contributed by atoms with van der Waals surface area (Å²) in [6, 6.07) is 8.57. The maximum Gasteiger partial charge on any atom is 0.193 e. The maximum absolute atomic E-state index is 6.15. The molecule has 0 amide bonds. The second-order valence-electron chi connectivity index (χ2n) is 7.06. The molecule has 23 heavy (non-hydrogen) atoms. The van der Waals surface area contributed by atoms with E-state index < -0.39 is 0 Å². The van der Waals surface area contributed by atoms with Crippen LogP contribution in [0.4, 0.5) is 5.69 Å². The van der Waals surface area contributed by atoms with E-state index >= 15 is 0 Å². The van der Waals surface area contributed by atoms with Crippen molar-refractivity contribution in [3.8, 4) is 0 Å². The Morgan fingerprint density at radius 1 is 1.43 bits per heavy atom. The Morgan fingerprint density at radius 3 is 2.96 bits per heavy atom. The molecule has 128 valence electrons. The second-order valence-corrected chi connectivity index (χ2v) is 7.06. The number of nitrogens with one attached hydrogen (secondary N) is 1. The zero-order chi connectivity index (χ0) is 15.7. The van der Waals surface area contributed by atoms with Gasteiger partial charge in [-0.25, -0.2) is 4.99 Å². The van der Waals surface area contributed by atoms with E-state index in [1.807, 2.05) is 12.1 Å². The van der Waals surface area contributed by atoms with Crippen molar-refractivity contribution >= 4 is 35.6 Å². The molecule has 3 atom stereocenters. The fourth-order valence-corrected chi connectivity index (χ4v) is 3.96. The van der Waals surface area contributed by atoms with Crippen LogP contribution >= 0.6 is 24.0 Å². The lowest BCUT2D eigenvalue weighted by Gasteiger charge is -2.58. The van der Waals surface area contributed by atoms with Gasteiger partial charge in [0, 0.05) is 23.6 Å². The van der Waals surface area contributed by atoms with Crippen molar-refractivity contribution in [2.45, 2.75) is 52.2 Å². The number of nitrogens with zero attached hydrogens (tertiary/aromatic N) is 1. The number of hydrogen-bond donors (Lipinski definition) is 2. The van der Waals surface area contributed by atoms with Crippen molar-refractivity contribution in [2.24, 2.45) is 22.1 Å². The summed E-state index contributed by atoms with van der Waals surface area (Å²) in [4.78, 5) is 4.77. The molecule has 1 aromatic carbocycles. The lowest BCUT2D eigenvalue weighted by atomic mass is 9.55. The Labute approximate surface area is 156 Å². The topological polar surface area (TPSA) is 59.6 Å². The number of aryl methyl sites for hydroxylation is 1. The SMILES string of the molecule is CCc1cccc(NC(N)=NC2C3CCCOC3C2(C)C)c1.I. The maximum atomic E-state index is 6.15. The van der Waals surface area contributed by atoms with Crippen LogP contribution in [-0.4, -0.2) is 24.7 Å². The third-order valence-electron chi connectivity index (χ3n) is 5.16. The quantitative estimate of drug-likeness (QED) is 0.437. The number of rotatable bonds is 3. The van der Waals surface area contributed by atoms with E-state index in [2.05, 4.69) is 38.2 Å². The molecule has 0 radical (unpaired) electrons. The highest BCUT2D eigenvalue weighted by Gasteiger charge is 2.58. The van der Waals surface area contributed by atoms with Crippen LogP contribution in [0.1, 0.15) is 39.2 Å². The van der Waals surface area contributed by atoms with Crippen LogP contribution in [-0.2, 0) is 11.2 Å². The van der Waals surface area contributed by atoms with Gasteiger partial charge in [-0.1, -0.05) is 32.9 Å². The average molecular weight is 429 g/mol. The van der Waals surface area contributed by atoms with Gasteiger partial charge in [0.05, 0.1) is 12.1 Å². The first-order valence-corrected chi connectivity index (χ1v) is 8.33. The zero-order valence-corrected chi connectivity index (χ0v) is 16.5. The van der Waals surface area contributed by atoms with Gasteiger partial charge in [-0.05, 0) is 37.0 Å². The van der Waals surface area contributed by atoms with Crippen molar-refractivity contribution < 1.29 is 4.74 Å². The third kappa shape index (κ3) is 3.65. The molecule has 5 heteroatoms. The Bertz CT molecular complexity index is 573. The molecular weight excluding hydrogens is 401 g/mol. The monoisotopic (exact) mass is 429 g/mol. The van der Waals surface area contributed by atoms with Crippen LogP contribution in [0.2, 0.25) is 0 Å². The van der Waals surface area contributed by atoms with Crippen LogP contribution in [0, 0.1) is 11.3 Å². The average Bonchev–Trinajstić information content (AvgIpc) is 2.53. The lowest BCUT2D eigenvalue weighted by molar-refractivity contribution is -0.182. The lowest BCUT2D eigenvalue weighted by Crippen LogP contribution is -2.64. The van der Waals surface area contributed by atoms with E-state index in [0.717, 1.165) is 25.1 Å². The van der Waals surface area contributed by atoms with Crippen molar-refractivity contribution in [1.82, 2.24) is 0 Å². The predicted octanol–water partition coefficient (Wildman–Crippen LogP) is 3.80. The van der Waals surface area contributed by atoms with Crippen LogP contribution in [0.25, 0.3) is 0 Å². The fourth-order valence-electron chi connectivity index (χ4n) is 3.96. The molecule has 4 nitrogen and oxygen atoms in total. The number of benzene rings is 1. The van der Waals surface area contributed by atoms with E-state index in [1.54, 1.807) is 0 Å². The first-order chi connectivity index (χ1) is 10.5. The Kier molecular flexibility index (Phi) is 5.94. The van der Waals surface area contributed by atoms with Gasteiger partial charge >= 0.3 is 0 Å². The van der Waals surface area contributed by atoms with E-state index in [-0.39, 0.29) is 35.4 Å². The van der Waals surface area contributed by atoms with Crippen LogP contribution in [0.5, 0.6) is 0 Å². The van der Waals surface area contributed by atoms with Gasteiger partial charge in [-0.15, -0.1) is 24.0 Å². The highest BCUT2D eigenvalue weighted by atomic mass is 127. The van der Waals surface area contributed by atoms with Gasteiger partial charge in [0.15, 0.2) is 5.96 Å². The van der Waals surface area contributed by atoms with Crippen molar-refractivity contribution in [2.75, 3.05) is 11.9 Å². The molecule has 3 N–H and O–H groups in total. The normalized spacial score (nSPS) is 29.0. The smallest absolute Gasteiger partial charge is 0.193 e. The highest BCUT2D eigenvalue weighted by Crippen LogP contribution is 2.53. The molecule has 2 aliphatic rings. The molecule has 0 aromatic heterocycles. The van der Waals surface area contributed by atoms with Crippen LogP contribution in [0.3, 0.4) is 0 Å². The molecule has 1 heterocycles. The number of guanidine groups is 1. The summed E-state index contributed by atoms with van der Waals surface area (Å²) >= 11 is 0.